The van der Waals surface area contributed by atoms with Gasteiger partial charge in [0.05, 0.1) is 22.4 Å². The van der Waals surface area contributed by atoms with E-state index in [1.165, 1.54) is 12.1 Å². The summed E-state index contributed by atoms with van der Waals surface area (Å²) >= 11 is 5.12. The summed E-state index contributed by atoms with van der Waals surface area (Å²) in [5.41, 5.74) is 2.04. The smallest absolute Gasteiger partial charge is 0.326 e. The number of aromatic nitrogens is 2. The molecular formula is C30H31N5O8S. The van der Waals surface area contributed by atoms with Crippen molar-refractivity contribution in [2.75, 3.05) is 11.4 Å². The van der Waals surface area contributed by atoms with Gasteiger partial charge in [0.1, 0.15) is 17.9 Å². The fourth-order valence-corrected chi connectivity index (χ4v) is 4.62. The molecule has 2 aromatic carbocycles. The number of carbonyl (C=O) groups excluding carboxylic acids is 1. The second kappa shape index (κ2) is 15.3. The minimum absolute atomic E-state index is 0.0312. The summed E-state index contributed by atoms with van der Waals surface area (Å²) in [6.45, 7) is 2.31. The van der Waals surface area contributed by atoms with Gasteiger partial charge in [-0.15, -0.1) is 6.42 Å². The number of hydrogen-bond donors (Lipinski definition) is 6. The van der Waals surface area contributed by atoms with E-state index in [1.807, 2.05) is 11.0 Å². The summed E-state index contributed by atoms with van der Waals surface area (Å²) in [5, 5.41) is 33.1. The zero-order valence-corrected chi connectivity index (χ0v) is 24.5. The molecule has 0 radical (unpaired) electrons. The highest BCUT2D eigenvalue weighted by Crippen LogP contribution is 2.20. The van der Waals surface area contributed by atoms with Crippen LogP contribution in [-0.4, -0.2) is 72.7 Å². The molecule has 13 nitrogen and oxygen atoms in total. The van der Waals surface area contributed by atoms with E-state index in [0.717, 1.165) is 5.56 Å². The quantitative estimate of drug-likeness (QED) is 0.107. The third-order valence-electron chi connectivity index (χ3n) is 6.58. The Morgan fingerprint density at radius 1 is 1.00 bits per heavy atom. The van der Waals surface area contributed by atoms with E-state index in [9.17, 15) is 34.2 Å². The normalized spacial score (nSPS) is 12.0. The first-order valence-electron chi connectivity index (χ1n) is 13.4. The lowest BCUT2D eigenvalue weighted by atomic mass is 10.1. The number of nitrogens with zero attached hydrogens (tertiary/aromatic N) is 2. The minimum Gasteiger partial charge on any atom is -0.481 e. The Bertz CT molecular complexity index is 1660. The van der Waals surface area contributed by atoms with Crippen molar-refractivity contribution in [2.45, 2.75) is 51.2 Å². The molecule has 3 aromatic rings. The number of amides is 1. The zero-order valence-electron chi connectivity index (χ0n) is 23.7. The zero-order chi connectivity index (χ0) is 32.4. The summed E-state index contributed by atoms with van der Waals surface area (Å²) in [7, 11) is 0. The molecule has 3 rings (SSSR count). The molecule has 1 aromatic heterocycles. The minimum atomic E-state index is -1.32. The van der Waals surface area contributed by atoms with Gasteiger partial charge >= 0.3 is 17.9 Å². The molecule has 0 saturated carbocycles. The lowest BCUT2D eigenvalue weighted by molar-refractivity contribution is -0.141. The number of carboxylic acids is 3. The van der Waals surface area contributed by atoms with E-state index < -0.39 is 35.9 Å². The van der Waals surface area contributed by atoms with Gasteiger partial charge in [-0.1, -0.05) is 24.2 Å². The van der Waals surface area contributed by atoms with Crippen LogP contribution in [-0.2, 0) is 20.9 Å². The molecule has 0 unspecified atom stereocenters. The van der Waals surface area contributed by atoms with Gasteiger partial charge < -0.3 is 35.8 Å². The topological polar surface area (TPSA) is 202 Å². The van der Waals surface area contributed by atoms with E-state index in [2.05, 4.69) is 26.5 Å². The number of thiocarbonyl (C=S) groups is 1. The molecule has 0 aliphatic heterocycles. The largest absolute Gasteiger partial charge is 0.481 e. The third kappa shape index (κ3) is 9.36. The number of H-pyrrole nitrogens is 1. The molecule has 1 heterocycles. The number of carbonyl (C=O) groups is 4. The van der Waals surface area contributed by atoms with Gasteiger partial charge in [-0.05, 0) is 61.7 Å². The third-order valence-corrected chi connectivity index (χ3v) is 6.90. The molecule has 44 heavy (non-hydrogen) atoms. The number of anilines is 1. The highest BCUT2D eigenvalue weighted by molar-refractivity contribution is 7.80. The number of aromatic amines is 1. The number of fused-ring (bicyclic) bond motifs is 1. The van der Waals surface area contributed by atoms with Crippen molar-refractivity contribution in [2.24, 2.45) is 0 Å². The van der Waals surface area contributed by atoms with Crippen LogP contribution in [0.2, 0.25) is 0 Å². The number of terminal acetylenes is 1. The first kappa shape index (κ1) is 33.2. The van der Waals surface area contributed by atoms with Crippen LogP contribution in [0.4, 0.5) is 5.69 Å². The van der Waals surface area contributed by atoms with Gasteiger partial charge in [0, 0.05) is 30.6 Å². The molecule has 0 fully saturated rings. The maximum Gasteiger partial charge on any atom is 0.326 e. The lowest BCUT2D eigenvalue weighted by Gasteiger charge is -2.23. The number of carboxylic acid groups (broad SMARTS) is 3. The van der Waals surface area contributed by atoms with Crippen LogP contribution in [0.5, 0.6) is 0 Å². The fourth-order valence-electron chi connectivity index (χ4n) is 4.36. The van der Waals surface area contributed by atoms with Crippen molar-refractivity contribution in [3.05, 3.63) is 69.8 Å². The van der Waals surface area contributed by atoms with Crippen LogP contribution < -0.4 is 21.1 Å². The number of aryl methyl sites for hydroxylation is 1. The van der Waals surface area contributed by atoms with E-state index in [0.29, 0.717) is 29.0 Å². The summed E-state index contributed by atoms with van der Waals surface area (Å²) < 4.78 is 0. The lowest BCUT2D eigenvalue weighted by Crippen LogP contribution is -2.43. The van der Waals surface area contributed by atoms with Gasteiger partial charge in [-0.2, -0.15) is 0 Å². The van der Waals surface area contributed by atoms with Gasteiger partial charge in [-0.3, -0.25) is 14.4 Å². The first-order valence-corrected chi connectivity index (χ1v) is 13.8. The van der Waals surface area contributed by atoms with Crippen LogP contribution in [0.25, 0.3) is 10.9 Å². The van der Waals surface area contributed by atoms with Crippen molar-refractivity contribution >= 4 is 57.6 Å². The monoisotopic (exact) mass is 621 g/mol. The van der Waals surface area contributed by atoms with Crippen molar-refractivity contribution < 1.29 is 34.5 Å². The Morgan fingerprint density at radius 3 is 2.25 bits per heavy atom. The molecule has 0 aliphatic rings. The maximum atomic E-state index is 12.9. The van der Waals surface area contributed by atoms with Crippen molar-refractivity contribution in [3.8, 4) is 12.3 Å². The van der Waals surface area contributed by atoms with Crippen molar-refractivity contribution in [1.29, 1.82) is 0 Å². The van der Waals surface area contributed by atoms with Crippen LogP contribution in [0.15, 0.2) is 47.3 Å². The van der Waals surface area contributed by atoms with Crippen LogP contribution in [0, 0.1) is 19.3 Å². The molecule has 230 valence electrons. The van der Waals surface area contributed by atoms with Gasteiger partial charge in [0.25, 0.3) is 11.5 Å². The second-order valence-corrected chi connectivity index (χ2v) is 10.4. The number of nitrogens with one attached hydrogen (secondary N) is 3. The summed E-state index contributed by atoms with van der Waals surface area (Å²) in [4.78, 5) is 68.1. The molecule has 2 atom stereocenters. The molecule has 1 amide bonds. The molecule has 0 aliphatic carbocycles. The molecule has 0 bridgehead atoms. The molecule has 14 heteroatoms. The van der Waals surface area contributed by atoms with Crippen molar-refractivity contribution in [1.82, 2.24) is 20.6 Å². The Morgan fingerprint density at radius 2 is 1.64 bits per heavy atom. The van der Waals surface area contributed by atoms with Crippen LogP contribution in [0.1, 0.15) is 47.4 Å². The average molecular weight is 622 g/mol. The summed E-state index contributed by atoms with van der Waals surface area (Å²) in [6.07, 6.45) is 4.81. The maximum absolute atomic E-state index is 12.9. The summed E-state index contributed by atoms with van der Waals surface area (Å²) in [6, 6.07) is 9.19. The molecular weight excluding hydrogens is 590 g/mol. The Hall–Kier alpha value is -5.29. The predicted molar refractivity (Wildman–Crippen MR) is 166 cm³/mol. The van der Waals surface area contributed by atoms with Crippen LogP contribution >= 0.6 is 12.2 Å². The second-order valence-electron chi connectivity index (χ2n) is 9.90. The standard InChI is InChI=1S/C30H31N5O8S/c1-3-14-35(16-18-4-9-22-21(15-18)28(39)32-17(2)31-22)20-7-5-19(6-8-20)27(38)34-24(30(42)43)10-12-25(44)33-23(29(40)41)11-13-26(36)37/h1,4-9,15,23-24H,10-14,16H2,2H3,(H,33,44)(H,34,38)(H,36,37)(H,40,41)(H,42,43)(H,31,32,39)/t23-,24-/m0/s1. The first-order chi connectivity index (χ1) is 20.9. The highest BCUT2D eigenvalue weighted by Gasteiger charge is 2.24. The molecule has 0 spiro atoms. The Kier molecular flexibility index (Phi) is 11.5. The molecule has 6 N–H and O–H groups in total. The molecule has 0 saturated heterocycles. The van der Waals surface area contributed by atoms with Crippen LogP contribution in [0.3, 0.4) is 0 Å². The number of hydrogen-bond acceptors (Lipinski definition) is 8. The predicted octanol–water partition coefficient (Wildman–Crippen LogP) is 2.07. The van der Waals surface area contributed by atoms with E-state index in [4.69, 9.17) is 23.7 Å². The Balaban J connectivity index is 1.64. The van der Waals surface area contributed by atoms with E-state index >= 15 is 0 Å². The van der Waals surface area contributed by atoms with E-state index in [1.54, 1.807) is 31.2 Å². The SMILES string of the molecule is C#CCN(Cc1ccc2nc(C)[nH]c(=O)c2c1)c1ccc(C(=O)N[C@@H](CCC(=S)N[C@@H](CCC(=O)O)C(=O)O)C(=O)O)cc1. The fraction of sp³-hybridized carbons (Fsp3) is 0.300. The van der Waals surface area contributed by atoms with Gasteiger partial charge in [-0.25, -0.2) is 14.6 Å². The van der Waals surface area contributed by atoms with Crippen molar-refractivity contribution in [3.63, 3.8) is 0 Å². The highest BCUT2D eigenvalue weighted by atomic mass is 32.1. The van der Waals surface area contributed by atoms with E-state index in [-0.39, 0.29) is 48.3 Å². The number of aliphatic carboxylic acids is 3. The summed E-state index contributed by atoms with van der Waals surface area (Å²) in [5.74, 6) is -1.29. The van der Waals surface area contributed by atoms with Gasteiger partial charge in [0.15, 0.2) is 0 Å². The number of rotatable bonds is 15. The van der Waals surface area contributed by atoms with Gasteiger partial charge in [0.2, 0.25) is 0 Å². The number of benzene rings is 2. The Labute approximate surface area is 257 Å². The average Bonchev–Trinajstić information content (AvgIpc) is 2.97.